The van der Waals surface area contributed by atoms with E-state index >= 15 is 0 Å². The van der Waals surface area contributed by atoms with E-state index in [2.05, 4.69) is 24.1 Å². The number of aromatic nitrogens is 1. The van der Waals surface area contributed by atoms with Gasteiger partial charge in [-0.15, -0.1) is 0 Å². The van der Waals surface area contributed by atoms with Crippen molar-refractivity contribution in [1.29, 1.82) is 0 Å². The largest absolute Gasteiger partial charge is 0.307 e. The maximum Gasteiger partial charge on any atom is 0.256 e. The van der Waals surface area contributed by atoms with Crippen molar-refractivity contribution in [3.05, 3.63) is 59.5 Å². The van der Waals surface area contributed by atoms with Gasteiger partial charge in [0, 0.05) is 11.8 Å². The van der Waals surface area contributed by atoms with Crippen LogP contribution in [0.1, 0.15) is 35.7 Å². The number of pyridine rings is 1. The average molecular weight is 258 g/mol. The summed E-state index contributed by atoms with van der Waals surface area (Å²) in [5.74, 6) is 0.204. The molecule has 2 aromatic rings. The SMILES string of the molecule is CC(C)c1ccnc(NC(=O)c2ccc(F)cc2)c1. The number of nitrogens with one attached hydrogen (secondary N) is 1. The molecule has 0 unspecified atom stereocenters. The lowest BCUT2D eigenvalue weighted by atomic mass is 10.1. The van der Waals surface area contributed by atoms with E-state index < -0.39 is 0 Å². The minimum absolute atomic E-state index is 0.298. The van der Waals surface area contributed by atoms with Gasteiger partial charge in [0.05, 0.1) is 0 Å². The third kappa shape index (κ3) is 3.37. The molecule has 2 rings (SSSR count). The van der Waals surface area contributed by atoms with Crippen LogP contribution in [0.3, 0.4) is 0 Å². The molecule has 0 aliphatic carbocycles. The lowest BCUT2D eigenvalue weighted by Crippen LogP contribution is -2.13. The van der Waals surface area contributed by atoms with Crippen molar-refractivity contribution >= 4 is 11.7 Å². The van der Waals surface area contributed by atoms with Crippen LogP contribution in [-0.4, -0.2) is 10.9 Å². The summed E-state index contributed by atoms with van der Waals surface area (Å²) in [6, 6.07) is 9.15. The standard InChI is InChI=1S/C15H15FN2O/c1-10(2)12-7-8-17-14(9-12)18-15(19)11-3-5-13(16)6-4-11/h3-10H,1-2H3,(H,17,18,19). The molecular weight excluding hydrogens is 243 g/mol. The highest BCUT2D eigenvalue weighted by Crippen LogP contribution is 2.17. The lowest BCUT2D eigenvalue weighted by Gasteiger charge is -2.08. The number of anilines is 1. The van der Waals surface area contributed by atoms with E-state index in [0.717, 1.165) is 5.56 Å². The number of carbonyl (C=O) groups is 1. The Labute approximate surface area is 111 Å². The number of hydrogen-bond acceptors (Lipinski definition) is 2. The zero-order valence-electron chi connectivity index (χ0n) is 10.9. The fourth-order valence-corrected chi connectivity index (χ4v) is 1.66. The Balaban J connectivity index is 2.14. The van der Waals surface area contributed by atoms with E-state index in [1.54, 1.807) is 6.20 Å². The Bertz CT molecular complexity index is 579. The van der Waals surface area contributed by atoms with Gasteiger partial charge in [-0.2, -0.15) is 0 Å². The fraction of sp³-hybridized carbons (Fsp3) is 0.200. The van der Waals surface area contributed by atoms with Crippen molar-refractivity contribution < 1.29 is 9.18 Å². The third-order valence-electron chi connectivity index (χ3n) is 2.80. The van der Waals surface area contributed by atoms with Gasteiger partial charge in [-0.05, 0) is 47.9 Å². The smallest absolute Gasteiger partial charge is 0.256 e. The van der Waals surface area contributed by atoms with Gasteiger partial charge in [0.25, 0.3) is 5.91 Å². The summed E-state index contributed by atoms with van der Waals surface area (Å²) < 4.78 is 12.8. The Kier molecular flexibility index (Phi) is 3.90. The van der Waals surface area contributed by atoms with E-state index in [-0.39, 0.29) is 11.7 Å². The van der Waals surface area contributed by atoms with Crippen molar-refractivity contribution in [1.82, 2.24) is 4.98 Å². The van der Waals surface area contributed by atoms with Gasteiger partial charge in [0.15, 0.2) is 0 Å². The summed E-state index contributed by atoms with van der Waals surface area (Å²) in [6.07, 6.45) is 1.66. The third-order valence-corrected chi connectivity index (χ3v) is 2.80. The van der Waals surface area contributed by atoms with E-state index in [9.17, 15) is 9.18 Å². The molecule has 1 heterocycles. The van der Waals surface area contributed by atoms with Crippen molar-refractivity contribution in [2.75, 3.05) is 5.32 Å². The van der Waals surface area contributed by atoms with E-state index in [1.165, 1.54) is 24.3 Å². The van der Waals surface area contributed by atoms with Crippen molar-refractivity contribution in [3.63, 3.8) is 0 Å². The predicted octanol–water partition coefficient (Wildman–Crippen LogP) is 3.60. The highest BCUT2D eigenvalue weighted by Gasteiger charge is 2.08. The second-order valence-electron chi connectivity index (χ2n) is 4.59. The van der Waals surface area contributed by atoms with E-state index in [1.807, 2.05) is 12.1 Å². The topological polar surface area (TPSA) is 42.0 Å². The zero-order valence-corrected chi connectivity index (χ0v) is 10.9. The van der Waals surface area contributed by atoms with Crippen LogP contribution in [0, 0.1) is 5.82 Å². The molecule has 1 aromatic carbocycles. The minimum Gasteiger partial charge on any atom is -0.307 e. The van der Waals surface area contributed by atoms with E-state index in [4.69, 9.17) is 0 Å². The molecule has 0 saturated heterocycles. The van der Waals surface area contributed by atoms with Gasteiger partial charge in [-0.1, -0.05) is 13.8 Å². The highest BCUT2D eigenvalue weighted by atomic mass is 19.1. The molecule has 0 aliphatic rings. The first-order valence-corrected chi connectivity index (χ1v) is 6.09. The molecular formula is C15H15FN2O. The molecule has 1 aromatic heterocycles. The molecule has 19 heavy (non-hydrogen) atoms. The zero-order chi connectivity index (χ0) is 13.8. The summed E-state index contributed by atoms with van der Waals surface area (Å²) in [5, 5.41) is 2.70. The first-order chi connectivity index (χ1) is 9.06. The summed E-state index contributed by atoms with van der Waals surface area (Å²) in [4.78, 5) is 16.0. The lowest BCUT2D eigenvalue weighted by molar-refractivity contribution is 0.102. The van der Waals surface area contributed by atoms with Gasteiger partial charge < -0.3 is 5.32 Å². The molecule has 1 amide bonds. The van der Waals surface area contributed by atoms with E-state index in [0.29, 0.717) is 17.3 Å². The highest BCUT2D eigenvalue weighted by molar-refractivity contribution is 6.03. The number of halogens is 1. The number of benzene rings is 1. The minimum atomic E-state index is -0.364. The Morgan fingerprint density at radius 2 is 1.89 bits per heavy atom. The number of carbonyl (C=O) groups excluding carboxylic acids is 1. The molecule has 4 heteroatoms. The van der Waals surface area contributed by atoms with Gasteiger partial charge in [-0.3, -0.25) is 4.79 Å². The number of rotatable bonds is 3. The Hall–Kier alpha value is -2.23. The molecule has 0 radical (unpaired) electrons. The quantitative estimate of drug-likeness (QED) is 0.914. The van der Waals surface area contributed by atoms with Gasteiger partial charge in [0.2, 0.25) is 0 Å². The summed E-state index contributed by atoms with van der Waals surface area (Å²) in [7, 11) is 0. The molecule has 98 valence electrons. The van der Waals surface area contributed by atoms with Crippen molar-refractivity contribution in [2.24, 2.45) is 0 Å². The number of hydrogen-bond donors (Lipinski definition) is 1. The molecule has 0 atom stereocenters. The molecule has 0 saturated carbocycles. The summed E-state index contributed by atoms with van der Waals surface area (Å²) >= 11 is 0. The first-order valence-electron chi connectivity index (χ1n) is 6.09. The second kappa shape index (κ2) is 5.61. The van der Waals surface area contributed by atoms with Crippen molar-refractivity contribution in [3.8, 4) is 0 Å². The Morgan fingerprint density at radius 1 is 1.21 bits per heavy atom. The maximum absolute atomic E-state index is 12.8. The normalized spacial score (nSPS) is 10.5. The number of amides is 1. The van der Waals surface area contributed by atoms with Crippen LogP contribution in [0.2, 0.25) is 0 Å². The van der Waals surface area contributed by atoms with Crippen LogP contribution in [-0.2, 0) is 0 Å². The second-order valence-corrected chi connectivity index (χ2v) is 4.59. The van der Waals surface area contributed by atoms with Gasteiger partial charge >= 0.3 is 0 Å². The van der Waals surface area contributed by atoms with Crippen LogP contribution >= 0.6 is 0 Å². The van der Waals surface area contributed by atoms with Crippen LogP contribution in [0.15, 0.2) is 42.6 Å². The van der Waals surface area contributed by atoms with Crippen LogP contribution in [0.5, 0.6) is 0 Å². The van der Waals surface area contributed by atoms with Gasteiger partial charge in [-0.25, -0.2) is 9.37 Å². The van der Waals surface area contributed by atoms with Crippen LogP contribution in [0.25, 0.3) is 0 Å². The maximum atomic E-state index is 12.8. The van der Waals surface area contributed by atoms with Crippen LogP contribution < -0.4 is 5.32 Å². The number of nitrogens with zero attached hydrogens (tertiary/aromatic N) is 1. The summed E-state index contributed by atoms with van der Waals surface area (Å²) in [5.41, 5.74) is 1.50. The predicted molar refractivity (Wildman–Crippen MR) is 72.7 cm³/mol. The molecule has 0 bridgehead atoms. The monoisotopic (exact) mass is 258 g/mol. The Morgan fingerprint density at radius 3 is 2.53 bits per heavy atom. The van der Waals surface area contributed by atoms with Gasteiger partial charge in [0.1, 0.15) is 11.6 Å². The summed E-state index contributed by atoms with van der Waals surface area (Å²) in [6.45, 7) is 4.14. The molecule has 1 N–H and O–H groups in total. The first kappa shape index (κ1) is 13.2. The molecule has 0 aliphatic heterocycles. The molecule has 3 nitrogen and oxygen atoms in total. The molecule has 0 spiro atoms. The fourth-order valence-electron chi connectivity index (χ4n) is 1.66. The average Bonchev–Trinajstić information content (AvgIpc) is 2.39. The van der Waals surface area contributed by atoms with Crippen LogP contribution in [0.4, 0.5) is 10.2 Å². The molecule has 0 fully saturated rings. The van der Waals surface area contributed by atoms with Crippen molar-refractivity contribution in [2.45, 2.75) is 19.8 Å².